The van der Waals surface area contributed by atoms with Gasteiger partial charge in [0.1, 0.15) is 12.4 Å². The lowest BCUT2D eigenvalue weighted by Gasteiger charge is -2.12. The van der Waals surface area contributed by atoms with Crippen LogP contribution in [-0.4, -0.2) is 28.1 Å². The number of amides is 2. The highest BCUT2D eigenvalue weighted by Crippen LogP contribution is 2.18. The molecule has 0 aliphatic carbocycles. The van der Waals surface area contributed by atoms with Crippen LogP contribution < -0.4 is 15.4 Å². The lowest BCUT2D eigenvalue weighted by molar-refractivity contribution is 0.0938. The molecule has 0 radical (unpaired) electrons. The maximum Gasteiger partial charge on any atom is 0.286 e. The van der Waals surface area contributed by atoms with E-state index in [4.69, 9.17) is 4.74 Å². The molecular formula is C22H24N4O3S. The van der Waals surface area contributed by atoms with E-state index in [9.17, 15) is 9.59 Å². The van der Waals surface area contributed by atoms with E-state index in [0.717, 1.165) is 17.7 Å². The molecule has 3 rings (SSSR count). The molecule has 1 atom stereocenters. The molecule has 2 aromatic carbocycles. The highest BCUT2D eigenvalue weighted by Gasteiger charge is 2.15. The standard InChI is InChI=1S/C22H24N4O3S/c1-4-15(3)23-20(27)16-8-6-9-17(12-16)24-21(28)22-26-25-19(30-22)13-29-18-10-5-7-14(2)11-18/h5-12,15H,4,13H2,1-3H3,(H,23,27)(H,24,28). The Morgan fingerprint density at radius 3 is 2.67 bits per heavy atom. The first-order chi connectivity index (χ1) is 14.4. The van der Waals surface area contributed by atoms with E-state index >= 15 is 0 Å². The van der Waals surface area contributed by atoms with E-state index in [0.29, 0.717) is 16.3 Å². The van der Waals surface area contributed by atoms with Gasteiger partial charge >= 0.3 is 0 Å². The number of nitrogens with one attached hydrogen (secondary N) is 2. The average Bonchev–Trinajstić information content (AvgIpc) is 3.21. The minimum absolute atomic E-state index is 0.0811. The number of hydrogen-bond donors (Lipinski definition) is 2. The SMILES string of the molecule is CCC(C)NC(=O)c1cccc(NC(=O)c2nnc(COc3cccc(C)c3)s2)c1. The number of nitrogens with zero attached hydrogens (tertiary/aromatic N) is 2. The number of aromatic nitrogens is 2. The van der Waals surface area contributed by atoms with Crippen LogP contribution in [0.25, 0.3) is 0 Å². The van der Waals surface area contributed by atoms with Crippen molar-refractivity contribution in [2.45, 2.75) is 39.8 Å². The van der Waals surface area contributed by atoms with Gasteiger partial charge in [-0.1, -0.05) is 36.5 Å². The van der Waals surface area contributed by atoms with Crippen LogP contribution in [0.1, 0.15) is 51.0 Å². The van der Waals surface area contributed by atoms with Gasteiger partial charge in [-0.15, -0.1) is 10.2 Å². The highest BCUT2D eigenvalue weighted by molar-refractivity contribution is 7.13. The number of carbonyl (C=O) groups excluding carboxylic acids is 2. The van der Waals surface area contributed by atoms with E-state index in [1.165, 1.54) is 11.3 Å². The molecule has 0 saturated heterocycles. The summed E-state index contributed by atoms with van der Waals surface area (Å²) in [6.45, 7) is 6.17. The molecule has 3 aromatic rings. The van der Waals surface area contributed by atoms with Gasteiger partial charge in [-0.05, 0) is 56.2 Å². The number of benzene rings is 2. The molecule has 2 N–H and O–H groups in total. The minimum Gasteiger partial charge on any atom is -0.486 e. The topological polar surface area (TPSA) is 93.2 Å². The van der Waals surface area contributed by atoms with Crippen molar-refractivity contribution in [3.8, 4) is 5.75 Å². The number of hydrogen-bond acceptors (Lipinski definition) is 6. The van der Waals surface area contributed by atoms with Crippen molar-refractivity contribution in [2.24, 2.45) is 0 Å². The molecule has 1 aromatic heterocycles. The fourth-order valence-electron chi connectivity index (χ4n) is 2.59. The number of aryl methyl sites for hydroxylation is 1. The Kier molecular flexibility index (Phi) is 7.13. The average molecular weight is 425 g/mol. The summed E-state index contributed by atoms with van der Waals surface area (Å²) in [6.07, 6.45) is 0.842. The van der Waals surface area contributed by atoms with Crippen LogP contribution in [0.2, 0.25) is 0 Å². The predicted molar refractivity (Wildman–Crippen MR) is 117 cm³/mol. The fraction of sp³-hybridized carbons (Fsp3) is 0.273. The first-order valence-electron chi connectivity index (χ1n) is 9.68. The fourth-order valence-corrected chi connectivity index (χ4v) is 3.23. The summed E-state index contributed by atoms with van der Waals surface area (Å²) in [5.74, 6) is 0.185. The Balaban J connectivity index is 1.60. The molecule has 8 heteroatoms. The second-order valence-corrected chi connectivity index (χ2v) is 7.99. The first-order valence-corrected chi connectivity index (χ1v) is 10.5. The molecule has 156 valence electrons. The Morgan fingerprint density at radius 2 is 1.90 bits per heavy atom. The van der Waals surface area contributed by atoms with E-state index in [1.54, 1.807) is 24.3 Å². The van der Waals surface area contributed by atoms with Crippen LogP contribution >= 0.6 is 11.3 Å². The molecule has 2 amide bonds. The van der Waals surface area contributed by atoms with E-state index in [-0.39, 0.29) is 29.5 Å². The third kappa shape index (κ3) is 5.87. The Hall–Kier alpha value is -3.26. The van der Waals surface area contributed by atoms with E-state index in [2.05, 4.69) is 20.8 Å². The lowest BCUT2D eigenvalue weighted by atomic mass is 10.1. The summed E-state index contributed by atoms with van der Waals surface area (Å²) in [5, 5.41) is 14.5. The zero-order chi connectivity index (χ0) is 21.5. The zero-order valence-electron chi connectivity index (χ0n) is 17.1. The molecule has 0 fully saturated rings. The largest absolute Gasteiger partial charge is 0.486 e. The van der Waals surface area contributed by atoms with E-state index in [1.807, 2.05) is 45.0 Å². The monoisotopic (exact) mass is 424 g/mol. The summed E-state index contributed by atoms with van der Waals surface area (Å²) in [6, 6.07) is 14.6. The van der Waals surface area contributed by atoms with Gasteiger partial charge in [-0.3, -0.25) is 9.59 Å². The summed E-state index contributed by atoms with van der Waals surface area (Å²) < 4.78 is 5.70. The lowest BCUT2D eigenvalue weighted by Crippen LogP contribution is -2.31. The van der Waals surface area contributed by atoms with Gasteiger partial charge < -0.3 is 15.4 Å². The van der Waals surface area contributed by atoms with Gasteiger partial charge in [0.05, 0.1) is 0 Å². The third-order valence-electron chi connectivity index (χ3n) is 4.39. The van der Waals surface area contributed by atoms with Crippen molar-refractivity contribution in [1.82, 2.24) is 15.5 Å². The molecule has 7 nitrogen and oxygen atoms in total. The number of rotatable bonds is 8. The molecule has 0 saturated carbocycles. The van der Waals surface area contributed by atoms with Crippen molar-refractivity contribution < 1.29 is 14.3 Å². The maximum absolute atomic E-state index is 12.5. The molecule has 0 aliphatic rings. The summed E-state index contributed by atoms with van der Waals surface area (Å²) >= 11 is 1.17. The van der Waals surface area contributed by atoms with Crippen LogP contribution in [0, 0.1) is 6.92 Å². The summed E-state index contributed by atoms with van der Waals surface area (Å²) in [7, 11) is 0. The molecule has 0 spiro atoms. The van der Waals surface area contributed by atoms with Gasteiger partial charge in [-0.25, -0.2) is 0 Å². The van der Waals surface area contributed by atoms with Crippen molar-refractivity contribution in [3.05, 3.63) is 69.7 Å². The minimum atomic E-state index is -0.381. The quantitative estimate of drug-likeness (QED) is 0.565. The van der Waals surface area contributed by atoms with Crippen molar-refractivity contribution >= 4 is 28.8 Å². The first kappa shape index (κ1) is 21.4. The third-order valence-corrected chi connectivity index (χ3v) is 5.28. The molecule has 30 heavy (non-hydrogen) atoms. The number of anilines is 1. The Bertz CT molecular complexity index is 1030. The van der Waals surface area contributed by atoms with Crippen LogP contribution in [0.15, 0.2) is 48.5 Å². The van der Waals surface area contributed by atoms with Crippen LogP contribution in [0.3, 0.4) is 0 Å². The van der Waals surface area contributed by atoms with Crippen molar-refractivity contribution in [2.75, 3.05) is 5.32 Å². The zero-order valence-corrected chi connectivity index (χ0v) is 18.0. The molecule has 1 unspecified atom stereocenters. The molecule has 0 aliphatic heterocycles. The maximum atomic E-state index is 12.5. The van der Waals surface area contributed by atoms with Gasteiger partial charge in [0, 0.05) is 17.3 Å². The Labute approximate surface area is 179 Å². The van der Waals surface area contributed by atoms with Crippen LogP contribution in [-0.2, 0) is 6.61 Å². The van der Waals surface area contributed by atoms with Gasteiger partial charge in [0.25, 0.3) is 11.8 Å². The Morgan fingerprint density at radius 1 is 1.10 bits per heavy atom. The van der Waals surface area contributed by atoms with Crippen LogP contribution in [0.4, 0.5) is 5.69 Å². The van der Waals surface area contributed by atoms with E-state index < -0.39 is 0 Å². The van der Waals surface area contributed by atoms with Gasteiger partial charge in [-0.2, -0.15) is 0 Å². The highest BCUT2D eigenvalue weighted by atomic mass is 32.1. The second kappa shape index (κ2) is 9.98. The van der Waals surface area contributed by atoms with Crippen molar-refractivity contribution in [1.29, 1.82) is 0 Å². The van der Waals surface area contributed by atoms with Gasteiger partial charge in [0.2, 0.25) is 5.01 Å². The molecular weight excluding hydrogens is 400 g/mol. The molecule has 0 bridgehead atoms. The summed E-state index contributed by atoms with van der Waals surface area (Å²) in [5.41, 5.74) is 2.10. The second-order valence-electron chi connectivity index (χ2n) is 6.92. The molecule has 1 heterocycles. The number of carbonyl (C=O) groups is 2. The summed E-state index contributed by atoms with van der Waals surface area (Å²) in [4.78, 5) is 24.8. The van der Waals surface area contributed by atoms with Crippen LogP contribution in [0.5, 0.6) is 5.75 Å². The normalized spacial score (nSPS) is 11.6. The smallest absolute Gasteiger partial charge is 0.286 e. The van der Waals surface area contributed by atoms with Gasteiger partial charge in [0.15, 0.2) is 5.01 Å². The predicted octanol–water partition coefficient (Wildman–Crippen LogP) is 4.21. The van der Waals surface area contributed by atoms with Crippen molar-refractivity contribution in [3.63, 3.8) is 0 Å². The number of ether oxygens (including phenoxy) is 1.